The van der Waals surface area contributed by atoms with Gasteiger partial charge >= 0.3 is 0 Å². The molecule has 0 heterocycles. The smallest absolute Gasteiger partial charge is 0.0178 e. The maximum atomic E-state index is 2.70. The molecule has 1 unspecified atom stereocenters. The first-order valence-corrected chi connectivity index (χ1v) is 4.18. The Morgan fingerprint density at radius 2 is 1.50 bits per heavy atom. The maximum Gasteiger partial charge on any atom is -0.0178 e. The molecule has 0 aliphatic rings. The fourth-order valence-corrected chi connectivity index (χ4v) is 1.48. The fraction of sp³-hybridized carbons (Fsp3) is 0. The predicted molar refractivity (Wildman–Crippen MR) is 60.5 cm³/mol. The molecule has 0 bridgehead atoms. The van der Waals surface area contributed by atoms with E-state index in [0.717, 1.165) is 0 Å². The van der Waals surface area contributed by atoms with Crippen molar-refractivity contribution >= 4 is 37.7 Å². The molecule has 2 aromatic rings. The fourth-order valence-electron chi connectivity index (χ4n) is 1.21. The summed E-state index contributed by atoms with van der Waals surface area (Å²) >= 11 is 0. The maximum absolute atomic E-state index is 2.70. The minimum Gasteiger partial charge on any atom is -0.147 e. The van der Waals surface area contributed by atoms with Crippen LogP contribution in [0.2, 0.25) is 0 Å². The van der Waals surface area contributed by atoms with E-state index in [4.69, 9.17) is 0 Å². The molecule has 0 aliphatic carbocycles. The van der Waals surface area contributed by atoms with E-state index < -0.39 is 0 Å². The lowest BCUT2D eigenvalue weighted by molar-refractivity contribution is 1.79. The molecule has 0 amide bonds. The highest BCUT2D eigenvalue weighted by Crippen LogP contribution is 2.11. The van der Waals surface area contributed by atoms with Crippen molar-refractivity contribution in [2.24, 2.45) is 0 Å². The van der Waals surface area contributed by atoms with Crippen LogP contribution in [0, 0.1) is 0 Å². The van der Waals surface area contributed by atoms with E-state index in [1.165, 1.54) is 16.1 Å². The molecule has 0 radical (unpaired) electrons. The van der Waals surface area contributed by atoms with Gasteiger partial charge in [-0.2, -0.15) is 0 Å². The second-order valence-corrected chi connectivity index (χ2v) is 3.27. The highest BCUT2D eigenvalue weighted by atomic mass is 35.5. The summed E-state index contributed by atoms with van der Waals surface area (Å²) < 4.78 is 0. The SMILES string of the molecule is Cl.Pc1ccc2ccccc2c1. The van der Waals surface area contributed by atoms with Gasteiger partial charge in [0, 0.05) is 0 Å². The molecule has 2 rings (SSSR count). The number of fused-ring (bicyclic) bond motifs is 1. The lowest BCUT2D eigenvalue weighted by Gasteiger charge is -1.96. The van der Waals surface area contributed by atoms with E-state index in [1.54, 1.807) is 0 Å². The first-order valence-electron chi connectivity index (χ1n) is 3.60. The van der Waals surface area contributed by atoms with Gasteiger partial charge < -0.3 is 0 Å². The summed E-state index contributed by atoms with van der Waals surface area (Å²) in [6, 6.07) is 14.8. The van der Waals surface area contributed by atoms with E-state index in [2.05, 4.69) is 51.7 Å². The molecular formula is C10H10ClP. The van der Waals surface area contributed by atoms with Gasteiger partial charge in [0.25, 0.3) is 0 Å². The zero-order valence-electron chi connectivity index (χ0n) is 6.53. The van der Waals surface area contributed by atoms with Crippen LogP contribution in [0.1, 0.15) is 0 Å². The van der Waals surface area contributed by atoms with E-state index in [0.29, 0.717) is 0 Å². The van der Waals surface area contributed by atoms with Gasteiger partial charge in [-0.05, 0) is 22.1 Å². The molecule has 0 N–H and O–H groups in total. The molecule has 12 heavy (non-hydrogen) atoms. The number of halogens is 1. The van der Waals surface area contributed by atoms with Crippen molar-refractivity contribution in [2.75, 3.05) is 0 Å². The normalized spacial score (nSPS) is 9.42. The number of benzene rings is 2. The van der Waals surface area contributed by atoms with Gasteiger partial charge in [0.2, 0.25) is 0 Å². The van der Waals surface area contributed by atoms with E-state index in [1.807, 2.05) is 0 Å². The van der Waals surface area contributed by atoms with Crippen molar-refractivity contribution in [3.8, 4) is 0 Å². The molecule has 0 aromatic heterocycles. The van der Waals surface area contributed by atoms with Crippen molar-refractivity contribution in [1.29, 1.82) is 0 Å². The standard InChI is InChI=1S/C10H9P.ClH/c11-10-6-5-8-3-1-2-4-9(8)7-10;/h1-7H,11H2;1H. The Hall–Kier alpha value is -0.580. The van der Waals surface area contributed by atoms with Crippen molar-refractivity contribution in [1.82, 2.24) is 0 Å². The van der Waals surface area contributed by atoms with Gasteiger partial charge in [-0.25, -0.2) is 0 Å². The molecule has 0 nitrogen and oxygen atoms in total. The van der Waals surface area contributed by atoms with Crippen molar-refractivity contribution in [3.63, 3.8) is 0 Å². The summed E-state index contributed by atoms with van der Waals surface area (Å²) in [6.07, 6.45) is 0. The summed E-state index contributed by atoms with van der Waals surface area (Å²) in [5.74, 6) is 0. The van der Waals surface area contributed by atoms with Crippen LogP contribution in [-0.4, -0.2) is 0 Å². The third kappa shape index (κ3) is 1.77. The van der Waals surface area contributed by atoms with Crippen molar-refractivity contribution < 1.29 is 0 Å². The summed E-state index contributed by atoms with van der Waals surface area (Å²) in [6.45, 7) is 0. The minimum absolute atomic E-state index is 0. The Morgan fingerprint density at radius 1 is 0.833 bits per heavy atom. The number of hydrogen-bond donors (Lipinski definition) is 0. The Morgan fingerprint density at radius 3 is 2.25 bits per heavy atom. The predicted octanol–water partition coefficient (Wildman–Crippen LogP) is 2.76. The molecule has 0 spiro atoms. The van der Waals surface area contributed by atoms with Gasteiger partial charge in [0.05, 0.1) is 0 Å². The Kier molecular flexibility index (Phi) is 3.08. The quantitative estimate of drug-likeness (QED) is 0.569. The van der Waals surface area contributed by atoms with E-state index >= 15 is 0 Å². The van der Waals surface area contributed by atoms with Crippen LogP contribution in [0.3, 0.4) is 0 Å². The second-order valence-electron chi connectivity index (χ2n) is 2.61. The van der Waals surface area contributed by atoms with Gasteiger partial charge in [-0.1, -0.05) is 36.4 Å². The molecule has 2 heteroatoms. The van der Waals surface area contributed by atoms with Crippen molar-refractivity contribution in [2.45, 2.75) is 0 Å². The molecule has 1 atom stereocenters. The van der Waals surface area contributed by atoms with Gasteiger partial charge in [-0.15, -0.1) is 21.6 Å². The molecule has 0 aliphatic heterocycles. The number of hydrogen-bond acceptors (Lipinski definition) is 0. The molecule has 0 saturated heterocycles. The van der Waals surface area contributed by atoms with Crippen LogP contribution >= 0.6 is 21.6 Å². The third-order valence-corrected chi connectivity index (χ3v) is 2.13. The van der Waals surface area contributed by atoms with E-state index in [-0.39, 0.29) is 12.4 Å². The van der Waals surface area contributed by atoms with Crippen LogP contribution < -0.4 is 5.30 Å². The molecule has 62 valence electrons. The Bertz CT molecular complexity index is 384. The van der Waals surface area contributed by atoms with Gasteiger partial charge in [-0.3, -0.25) is 0 Å². The zero-order valence-corrected chi connectivity index (χ0v) is 8.50. The third-order valence-electron chi connectivity index (χ3n) is 1.77. The van der Waals surface area contributed by atoms with Crippen LogP contribution in [0.25, 0.3) is 10.8 Å². The highest BCUT2D eigenvalue weighted by Gasteiger charge is 1.89. The van der Waals surface area contributed by atoms with Crippen LogP contribution in [0.4, 0.5) is 0 Å². The molecular weight excluding hydrogens is 187 g/mol. The number of rotatable bonds is 0. The topological polar surface area (TPSA) is 0 Å². The van der Waals surface area contributed by atoms with E-state index in [9.17, 15) is 0 Å². The summed E-state index contributed by atoms with van der Waals surface area (Å²) in [4.78, 5) is 0. The Labute approximate surface area is 80.6 Å². The Balaban J connectivity index is 0.000000720. The van der Waals surface area contributed by atoms with Crippen LogP contribution in [0.5, 0.6) is 0 Å². The largest absolute Gasteiger partial charge is 0.147 e. The van der Waals surface area contributed by atoms with Crippen molar-refractivity contribution in [3.05, 3.63) is 42.5 Å². The molecule has 0 saturated carbocycles. The van der Waals surface area contributed by atoms with Gasteiger partial charge in [0.15, 0.2) is 0 Å². The lowest BCUT2D eigenvalue weighted by atomic mass is 10.1. The van der Waals surface area contributed by atoms with Crippen LogP contribution in [0.15, 0.2) is 42.5 Å². The van der Waals surface area contributed by atoms with Gasteiger partial charge in [0.1, 0.15) is 0 Å². The summed E-state index contributed by atoms with van der Waals surface area (Å²) in [7, 11) is 2.70. The zero-order chi connectivity index (χ0) is 7.68. The first kappa shape index (κ1) is 9.51. The van der Waals surface area contributed by atoms with Crippen LogP contribution in [-0.2, 0) is 0 Å². The average Bonchev–Trinajstić information content (AvgIpc) is 2.04. The average molecular weight is 197 g/mol. The monoisotopic (exact) mass is 196 g/mol. The second kappa shape index (κ2) is 3.89. The molecule has 0 fully saturated rings. The first-order chi connectivity index (χ1) is 5.36. The minimum atomic E-state index is 0. The summed E-state index contributed by atoms with van der Waals surface area (Å²) in [5.41, 5.74) is 0. The summed E-state index contributed by atoms with van der Waals surface area (Å²) in [5, 5.41) is 3.85. The lowest BCUT2D eigenvalue weighted by Crippen LogP contribution is -1.86. The molecule has 2 aromatic carbocycles. The highest BCUT2D eigenvalue weighted by molar-refractivity contribution is 7.27.